The summed E-state index contributed by atoms with van der Waals surface area (Å²) in [5, 5.41) is 13.5. The number of hydrogen-bond donors (Lipinski definition) is 1. The number of aromatic nitrogens is 2. The molecule has 1 amide bonds. The van der Waals surface area contributed by atoms with E-state index in [1.54, 1.807) is 18.3 Å². The van der Waals surface area contributed by atoms with Gasteiger partial charge in [-0.1, -0.05) is 6.07 Å². The molecule has 140 valence electrons. The molecule has 0 saturated carbocycles. The molecule has 0 saturated heterocycles. The van der Waals surface area contributed by atoms with Gasteiger partial charge in [-0.05, 0) is 19.1 Å². The van der Waals surface area contributed by atoms with Crippen molar-refractivity contribution in [3.05, 3.63) is 62.8 Å². The zero-order chi connectivity index (χ0) is 19.4. The number of benzene rings is 1. The van der Waals surface area contributed by atoms with Gasteiger partial charge in [-0.15, -0.1) is 0 Å². The Morgan fingerprint density at radius 2 is 2.22 bits per heavy atom. The summed E-state index contributed by atoms with van der Waals surface area (Å²) in [6.45, 7) is 2.17. The number of carbonyl (C=O) groups is 1. The van der Waals surface area contributed by atoms with Gasteiger partial charge in [0.1, 0.15) is 6.54 Å². The van der Waals surface area contributed by atoms with Crippen LogP contribution in [0.5, 0.6) is 5.88 Å². The number of hydrogen-bond acceptors (Lipinski definition) is 7. The Balaban J connectivity index is 1.74. The van der Waals surface area contributed by atoms with Crippen molar-refractivity contribution < 1.29 is 18.9 Å². The summed E-state index contributed by atoms with van der Waals surface area (Å²) < 4.78 is 11.5. The summed E-state index contributed by atoms with van der Waals surface area (Å²) in [5.41, 5.74) is 0.852. The fraction of sp³-hybridized carbons (Fsp3) is 0.235. The van der Waals surface area contributed by atoms with Gasteiger partial charge in [-0.25, -0.2) is 9.78 Å². The number of fused-ring (bicyclic) bond motifs is 1. The summed E-state index contributed by atoms with van der Waals surface area (Å²) in [6.07, 6.45) is 1.59. The minimum absolute atomic E-state index is 0.0490. The number of non-ortho nitro benzene ring substituents is 1. The van der Waals surface area contributed by atoms with Crippen LogP contribution in [0.1, 0.15) is 12.5 Å². The maximum Gasteiger partial charge on any atom is 0.420 e. The van der Waals surface area contributed by atoms with Gasteiger partial charge in [0.2, 0.25) is 11.8 Å². The third-order valence-electron chi connectivity index (χ3n) is 3.77. The van der Waals surface area contributed by atoms with Crippen molar-refractivity contribution in [2.75, 3.05) is 6.61 Å². The highest BCUT2D eigenvalue weighted by Gasteiger charge is 2.16. The molecule has 0 atom stereocenters. The molecule has 10 nitrogen and oxygen atoms in total. The molecule has 1 aromatic carbocycles. The van der Waals surface area contributed by atoms with Crippen molar-refractivity contribution in [3.63, 3.8) is 0 Å². The molecule has 0 aliphatic carbocycles. The van der Waals surface area contributed by atoms with Crippen molar-refractivity contribution in [1.29, 1.82) is 0 Å². The lowest BCUT2D eigenvalue weighted by molar-refractivity contribution is -0.384. The van der Waals surface area contributed by atoms with E-state index in [0.717, 1.165) is 10.6 Å². The van der Waals surface area contributed by atoms with E-state index < -0.39 is 16.6 Å². The van der Waals surface area contributed by atoms with Crippen LogP contribution in [0.2, 0.25) is 0 Å². The third kappa shape index (κ3) is 3.94. The van der Waals surface area contributed by atoms with Gasteiger partial charge < -0.3 is 14.5 Å². The van der Waals surface area contributed by atoms with Gasteiger partial charge in [-0.2, -0.15) is 0 Å². The molecule has 1 N–H and O–H groups in total. The van der Waals surface area contributed by atoms with Gasteiger partial charge in [-0.3, -0.25) is 19.5 Å². The van der Waals surface area contributed by atoms with E-state index in [0.29, 0.717) is 23.6 Å². The van der Waals surface area contributed by atoms with Crippen molar-refractivity contribution in [1.82, 2.24) is 14.9 Å². The van der Waals surface area contributed by atoms with Gasteiger partial charge in [0.15, 0.2) is 5.58 Å². The Labute approximate surface area is 152 Å². The number of rotatable bonds is 7. The number of amides is 1. The molecule has 27 heavy (non-hydrogen) atoms. The van der Waals surface area contributed by atoms with Crippen molar-refractivity contribution >= 4 is 22.7 Å². The smallest absolute Gasteiger partial charge is 0.420 e. The largest absolute Gasteiger partial charge is 0.478 e. The molecule has 0 bridgehead atoms. The van der Waals surface area contributed by atoms with Crippen LogP contribution in [0.4, 0.5) is 5.69 Å². The number of nitrogens with zero attached hydrogens (tertiary/aromatic N) is 3. The quantitative estimate of drug-likeness (QED) is 0.492. The number of pyridine rings is 1. The Kier molecular flexibility index (Phi) is 5.15. The van der Waals surface area contributed by atoms with Crippen LogP contribution >= 0.6 is 0 Å². The van der Waals surface area contributed by atoms with Crippen LogP contribution in [0.25, 0.3) is 11.1 Å². The molecule has 2 heterocycles. The van der Waals surface area contributed by atoms with Gasteiger partial charge in [0.05, 0.1) is 23.1 Å². The van der Waals surface area contributed by atoms with E-state index in [1.807, 2.05) is 6.92 Å². The topological polar surface area (TPSA) is 130 Å². The lowest BCUT2D eigenvalue weighted by Gasteiger charge is -2.10. The minimum atomic E-state index is -0.767. The van der Waals surface area contributed by atoms with Crippen molar-refractivity contribution in [3.8, 4) is 5.88 Å². The second kappa shape index (κ2) is 7.68. The second-order valence-corrected chi connectivity index (χ2v) is 5.54. The fourth-order valence-electron chi connectivity index (χ4n) is 2.54. The van der Waals surface area contributed by atoms with Crippen molar-refractivity contribution in [2.45, 2.75) is 20.0 Å². The first-order valence-electron chi connectivity index (χ1n) is 8.10. The van der Waals surface area contributed by atoms with Gasteiger partial charge in [0, 0.05) is 24.4 Å². The van der Waals surface area contributed by atoms with Crippen LogP contribution < -0.4 is 15.8 Å². The maximum atomic E-state index is 12.2. The molecule has 0 radical (unpaired) electrons. The van der Waals surface area contributed by atoms with E-state index >= 15 is 0 Å². The van der Waals surface area contributed by atoms with E-state index in [2.05, 4.69) is 10.3 Å². The van der Waals surface area contributed by atoms with Crippen LogP contribution in [-0.2, 0) is 17.9 Å². The highest BCUT2D eigenvalue weighted by molar-refractivity contribution is 5.80. The molecular formula is C17H16N4O6. The first kappa shape index (κ1) is 18.1. The Morgan fingerprint density at radius 3 is 2.96 bits per heavy atom. The van der Waals surface area contributed by atoms with Crippen LogP contribution in [0.3, 0.4) is 0 Å². The second-order valence-electron chi connectivity index (χ2n) is 5.54. The average Bonchev–Trinajstić information content (AvgIpc) is 2.96. The predicted octanol–water partition coefficient (Wildman–Crippen LogP) is 1.61. The molecule has 2 aromatic heterocycles. The lowest BCUT2D eigenvalue weighted by atomic mass is 10.2. The maximum absolute atomic E-state index is 12.2. The minimum Gasteiger partial charge on any atom is -0.478 e. The number of nitro groups is 1. The molecule has 3 aromatic rings. The van der Waals surface area contributed by atoms with Crippen molar-refractivity contribution in [2.24, 2.45) is 0 Å². The van der Waals surface area contributed by atoms with Crippen LogP contribution in [0.15, 0.2) is 45.7 Å². The number of carbonyl (C=O) groups excluding carboxylic acids is 1. The molecule has 0 aliphatic heterocycles. The summed E-state index contributed by atoms with van der Waals surface area (Å²) in [4.78, 5) is 38.5. The highest BCUT2D eigenvalue weighted by Crippen LogP contribution is 2.20. The number of oxazole rings is 1. The Hall–Kier alpha value is -3.69. The molecule has 0 fully saturated rings. The summed E-state index contributed by atoms with van der Waals surface area (Å²) in [6, 6.07) is 7.27. The average molecular weight is 372 g/mol. The number of ether oxygens (including phenoxy) is 1. The molecule has 0 spiro atoms. The summed E-state index contributed by atoms with van der Waals surface area (Å²) in [5.74, 6) is -0.764. The Bertz CT molecular complexity index is 1060. The molecule has 10 heteroatoms. The molecule has 3 rings (SSSR count). The van der Waals surface area contributed by atoms with E-state index in [1.165, 1.54) is 12.1 Å². The first-order chi connectivity index (χ1) is 13.0. The number of nitro benzene ring substituents is 1. The predicted molar refractivity (Wildman–Crippen MR) is 94.4 cm³/mol. The summed E-state index contributed by atoms with van der Waals surface area (Å²) in [7, 11) is 0. The van der Waals surface area contributed by atoms with E-state index in [-0.39, 0.29) is 24.4 Å². The first-order valence-corrected chi connectivity index (χ1v) is 8.10. The number of nitrogens with one attached hydrogen (secondary N) is 1. The SMILES string of the molecule is CCOc1ncccc1CNC(=O)Cn1c(=O)oc2cc([N+](=O)[O-])ccc21. The van der Waals surface area contributed by atoms with Gasteiger partial charge in [0.25, 0.3) is 5.69 Å². The zero-order valence-corrected chi connectivity index (χ0v) is 14.4. The standard InChI is InChI=1S/C17H16N4O6/c1-2-26-16-11(4-3-7-18-16)9-19-15(22)10-20-13-6-5-12(21(24)25)8-14(13)27-17(20)23/h3-8H,2,9-10H2,1H3,(H,19,22). The fourth-order valence-corrected chi connectivity index (χ4v) is 2.54. The molecule has 0 aliphatic rings. The molecular weight excluding hydrogens is 356 g/mol. The zero-order valence-electron chi connectivity index (χ0n) is 14.4. The summed E-state index contributed by atoms with van der Waals surface area (Å²) >= 11 is 0. The van der Waals surface area contributed by atoms with Crippen LogP contribution in [0, 0.1) is 10.1 Å². The Morgan fingerprint density at radius 1 is 1.41 bits per heavy atom. The third-order valence-corrected chi connectivity index (χ3v) is 3.77. The molecule has 0 unspecified atom stereocenters. The highest BCUT2D eigenvalue weighted by atomic mass is 16.6. The lowest BCUT2D eigenvalue weighted by Crippen LogP contribution is -2.30. The van der Waals surface area contributed by atoms with E-state index in [9.17, 15) is 19.7 Å². The normalized spacial score (nSPS) is 10.7. The van der Waals surface area contributed by atoms with Gasteiger partial charge >= 0.3 is 5.76 Å². The monoisotopic (exact) mass is 372 g/mol. The van der Waals surface area contributed by atoms with Crippen LogP contribution in [-0.4, -0.2) is 27.0 Å². The van der Waals surface area contributed by atoms with E-state index in [4.69, 9.17) is 9.15 Å².